The lowest BCUT2D eigenvalue weighted by molar-refractivity contribution is 0.179. The minimum Gasteiger partial charge on any atom is -0.338 e. The smallest absolute Gasteiger partial charge is 0.314 e. The van der Waals surface area contributed by atoms with E-state index in [0.29, 0.717) is 12.5 Å². The number of nitrogens with zero attached hydrogens (tertiary/aromatic N) is 2. The molecule has 5 heteroatoms. The zero-order chi connectivity index (χ0) is 15.8. The van der Waals surface area contributed by atoms with Gasteiger partial charge in [-0.3, -0.25) is 4.98 Å². The fourth-order valence-corrected chi connectivity index (χ4v) is 3.00. The highest BCUT2D eigenvalue weighted by atomic mass is 16.2. The molecule has 2 amide bonds. The molecule has 2 rings (SSSR count). The first-order valence-electron chi connectivity index (χ1n) is 8.32. The quantitative estimate of drug-likeness (QED) is 0.845. The molecule has 0 radical (unpaired) electrons. The van der Waals surface area contributed by atoms with Crippen molar-refractivity contribution in [2.24, 2.45) is 5.92 Å². The summed E-state index contributed by atoms with van der Waals surface area (Å²) >= 11 is 0. The molecule has 0 spiro atoms. The molecule has 1 fully saturated rings. The average Bonchev–Trinajstić information content (AvgIpc) is 2.55. The van der Waals surface area contributed by atoms with Crippen LogP contribution in [0.4, 0.5) is 4.79 Å². The summed E-state index contributed by atoms with van der Waals surface area (Å²) in [5, 5.41) is 5.95. The van der Waals surface area contributed by atoms with Gasteiger partial charge in [-0.2, -0.15) is 0 Å². The first kappa shape index (κ1) is 16.7. The maximum absolute atomic E-state index is 11.9. The van der Waals surface area contributed by atoms with Crippen molar-refractivity contribution in [3.05, 3.63) is 29.6 Å². The van der Waals surface area contributed by atoms with Crippen molar-refractivity contribution >= 4 is 6.03 Å². The van der Waals surface area contributed by atoms with E-state index in [9.17, 15) is 4.79 Å². The highest BCUT2D eigenvalue weighted by Crippen LogP contribution is 2.15. The Morgan fingerprint density at radius 3 is 3.09 bits per heavy atom. The van der Waals surface area contributed by atoms with Gasteiger partial charge in [0.05, 0.1) is 0 Å². The van der Waals surface area contributed by atoms with Gasteiger partial charge in [-0.1, -0.05) is 6.92 Å². The van der Waals surface area contributed by atoms with E-state index in [1.54, 1.807) is 6.20 Å². The van der Waals surface area contributed by atoms with Crippen molar-refractivity contribution in [3.63, 3.8) is 0 Å². The predicted octanol–water partition coefficient (Wildman–Crippen LogP) is 1.96. The number of carbonyl (C=O) groups excluding carboxylic acids is 1. The van der Waals surface area contributed by atoms with Gasteiger partial charge in [-0.05, 0) is 62.4 Å². The van der Waals surface area contributed by atoms with Crippen LogP contribution in [0, 0.1) is 12.8 Å². The predicted molar refractivity (Wildman–Crippen MR) is 88.9 cm³/mol. The third kappa shape index (κ3) is 5.30. The van der Waals surface area contributed by atoms with Crippen molar-refractivity contribution in [2.45, 2.75) is 33.1 Å². The van der Waals surface area contributed by atoms with Crippen LogP contribution in [0.15, 0.2) is 18.5 Å². The number of amides is 2. The highest BCUT2D eigenvalue weighted by Gasteiger charge is 2.18. The van der Waals surface area contributed by atoms with Gasteiger partial charge in [0.2, 0.25) is 0 Å². The third-order valence-corrected chi connectivity index (χ3v) is 4.42. The third-order valence-electron chi connectivity index (χ3n) is 4.42. The lowest BCUT2D eigenvalue weighted by atomic mass is 9.98. The van der Waals surface area contributed by atoms with Crippen molar-refractivity contribution in [1.82, 2.24) is 20.5 Å². The molecule has 0 bridgehead atoms. The summed E-state index contributed by atoms with van der Waals surface area (Å²) in [5.74, 6) is 0.585. The van der Waals surface area contributed by atoms with Crippen LogP contribution in [0.25, 0.3) is 0 Å². The highest BCUT2D eigenvalue weighted by molar-refractivity contribution is 5.73. The topological polar surface area (TPSA) is 57.3 Å². The first-order valence-corrected chi connectivity index (χ1v) is 8.32. The average molecular weight is 304 g/mol. The Bertz CT molecular complexity index is 477. The molecule has 22 heavy (non-hydrogen) atoms. The first-order chi connectivity index (χ1) is 10.7. The molecule has 0 saturated carbocycles. The molecule has 1 aromatic heterocycles. The van der Waals surface area contributed by atoms with Gasteiger partial charge in [0.1, 0.15) is 0 Å². The summed E-state index contributed by atoms with van der Waals surface area (Å²) in [7, 11) is 0. The Labute approximate surface area is 133 Å². The Hall–Kier alpha value is -1.62. The van der Waals surface area contributed by atoms with Crippen LogP contribution in [-0.2, 0) is 6.42 Å². The SMILES string of the molecule is CCN1CCC[C@H](CNC(=O)NCCc2ccncc2C)C1. The van der Waals surface area contributed by atoms with E-state index in [1.165, 1.54) is 30.5 Å². The second kappa shape index (κ2) is 8.73. The van der Waals surface area contributed by atoms with Gasteiger partial charge in [-0.15, -0.1) is 0 Å². The van der Waals surface area contributed by atoms with Gasteiger partial charge in [0.25, 0.3) is 0 Å². The van der Waals surface area contributed by atoms with Gasteiger partial charge < -0.3 is 15.5 Å². The van der Waals surface area contributed by atoms with Crippen LogP contribution < -0.4 is 10.6 Å². The van der Waals surface area contributed by atoms with Gasteiger partial charge in [0, 0.05) is 32.0 Å². The maximum atomic E-state index is 11.9. The van der Waals surface area contributed by atoms with Crippen molar-refractivity contribution in [1.29, 1.82) is 0 Å². The number of pyridine rings is 1. The number of piperidine rings is 1. The van der Waals surface area contributed by atoms with E-state index in [4.69, 9.17) is 0 Å². The Kier molecular flexibility index (Phi) is 6.65. The molecule has 0 aromatic carbocycles. The molecular weight excluding hydrogens is 276 g/mol. The number of likely N-dealkylation sites (tertiary alicyclic amines) is 1. The monoisotopic (exact) mass is 304 g/mol. The minimum atomic E-state index is -0.0552. The van der Waals surface area contributed by atoms with E-state index in [1.807, 2.05) is 19.2 Å². The second-order valence-corrected chi connectivity index (χ2v) is 6.09. The summed E-state index contributed by atoms with van der Waals surface area (Å²) in [6, 6.07) is 1.95. The fraction of sp³-hybridized carbons (Fsp3) is 0.647. The summed E-state index contributed by atoms with van der Waals surface area (Å²) in [6.45, 7) is 9.08. The summed E-state index contributed by atoms with van der Waals surface area (Å²) < 4.78 is 0. The van der Waals surface area contributed by atoms with Crippen molar-refractivity contribution < 1.29 is 4.79 Å². The molecule has 2 N–H and O–H groups in total. The summed E-state index contributed by atoms with van der Waals surface area (Å²) in [6.07, 6.45) is 6.95. The molecule has 122 valence electrons. The van der Waals surface area contributed by atoms with Gasteiger partial charge in [-0.25, -0.2) is 4.79 Å². The maximum Gasteiger partial charge on any atom is 0.314 e. The van der Waals surface area contributed by atoms with Crippen molar-refractivity contribution in [3.8, 4) is 0 Å². The normalized spacial score (nSPS) is 18.9. The van der Waals surface area contributed by atoms with Crippen LogP contribution in [0.5, 0.6) is 0 Å². The van der Waals surface area contributed by atoms with Crippen LogP contribution in [0.2, 0.25) is 0 Å². The van der Waals surface area contributed by atoms with E-state index in [0.717, 1.165) is 26.1 Å². The molecule has 1 saturated heterocycles. The molecule has 5 nitrogen and oxygen atoms in total. The fourth-order valence-electron chi connectivity index (χ4n) is 3.00. The van der Waals surface area contributed by atoms with Crippen LogP contribution in [0.1, 0.15) is 30.9 Å². The largest absolute Gasteiger partial charge is 0.338 e. The molecule has 0 aliphatic carbocycles. The lowest BCUT2D eigenvalue weighted by Gasteiger charge is -2.31. The van der Waals surface area contributed by atoms with Crippen molar-refractivity contribution in [2.75, 3.05) is 32.7 Å². The van der Waals surface area contributed by atoms with E-state index < -0.39 is 0 Å². The van der Waals surface area contributed by atoms with Crippen LogP contribution in [0.3, 0.4) is 0 Å². The molecule has 1 aromatic rings. The molecular formula is C17H28N4O. The second-order valence-electron chi connectivity index (χ2n) is 6.09. The summed E-state index contributed by atoms with van der Waals surface area (Å²) in [5.41, 5.74) is 2.41. The number of hydrogen-bond acceptors (Lipinski definition) is 3. The van der Waals surface area contributed by atoms with Crippen LogP contribution in [-0.4, -0.2) is 48.6 Å². The Balaban J connectivity index is 1.63. The standard InChI is InChI=1S/C17H28N4O/c1-3-21-10-4-5-15(13-21)12-20-17(22)19-9-7-16-6-8-18-11-14(16)2/h6,8,11,15H,3-5,7,9-10,12-13H2,1-2H3,(H2,19,20,22)/t15-/m1/s1. The lowest BCUT2D eigenvalue weighted by Crippen LogP contribution is -2.43. The minimum absolute atomic E-state index is 0.0552. The summed E-state index contributed by atoms with van der Waals surface area (Å²) in [4.78, 5) is 18.4. The number of urea groups is 1. The molecule has 1 aliphatic rings. The number of carbonyl (C=O) groups is 1. The number of rotatable bonds is 6. The van der Waals surface area contributed by atoms with Crippen LogP contribution >= 0.6 is 0 Å². The van der Waals surface area contributed by atoms with E-state index in [-0.39, 0.29) is 6.03 Å². The van der Waals surface area contributed by atoms with Gasteiger partial charge in [0.15, 0.2) is 0 Å². The Morgan fingerprint density at radius 1 is 1.45 bits per heavy atom. The number of hydrogen-bond donors (Lipinski definition) is 2. The molecule has 0 unspecified atom stereocenters. The number of aromatic nitrogens is 1. The zero-order valence-corrected chi connectivity index (χ0v) is 13.8. The molecule has 2 heterocycles. The van der Waals surface area contributed by atoms with E-state index in [2.05, 4.69) is 27.4 Å². The zero-order valence-electron chi connectivity index (χ0n) is 13.8. The van der Waals surface area contributed by atoms with E-state index >= 15 is 0 Å². The number of nitrogens with one attached hydrogen (secondary N) is 2. The molecule has 1 aliphatic heterocycles. The number of aryl methyl sites for hydroxylation is 1. The Morgan fingerprint density at radius 2 is 2.32 bits per heavy atom. The van der Waals surface area contributed by atoms with Gasteiger partial charge >= 0.3 is 6.03 Å². The molecule has 1 atom stereocenters.